The van der Waals surface area contributed by atoms with Crippen molar-refractivity contribution in [1.29, 1.82) is 0 Å². The lowest BCUT2D eigenvalue weighted by Gasteiger charge is -2.11. The van der Waals surface area contributed by atoms with Crippen LogP contribution in [0.4, 0.5) is 0 Å². The number of rotatable bonds is 4. The summed E-state index contributed by atoms with van der Waals surface area (Å²) in [5, 5.41) is 0.374. The van der Waals surface area contributed by atoms with E-state index in [1.54, 1.807) is 6.92 Å². The minimum absolute atomic E-state index is 0.156. The van der Waals surface area contributed by atoms with Gasteiger partial charge in [0.1, 0.15) is 11.3 Å². The Morgan fingerprint density at radius 2 is 2.25 bits per heavy atom. The zero-order valence-electron chi connectivity index (χ0n) is 8.87. The molecule has 0 fully saturated rings. The van der Waals surface area contributed by atoms with Gasteiger partial charge in [-0.1, -0.05) is 23.2 Å². The molecular weight excluding hydrogens is 253 g/mol. The van der Waals surface area contributed by atoms with E-state index in [-0.39, 0.29) is 21.8 Å². The lowest BCUT2D eigenvalue weighted by molar-refractivity contribution is 0.0120. The molecule has 0 radical (unpaired) electrons. The summed E-state index contributed by atoms with van der Waals surface area (Å²) in [6, 6.07) is 1.42. The van der Waals surface area contributed by atoms with Crippen LogP contribution in [-0.2, 0) is 9.47 Å². The molecule has 6 heteroatoms. The number of halogens is 2. The minimum Gasteiger partial charge on any atom is -0.457 e. The maximum Gasteiger partial charge on any atom is 0.340 e. The Kier molecular flexibility index (Phi) is 4.99. The maximum atomic E-state index is 11.6. The first-order valence-corrected chi connectivity index (χ1v) is 5.31. The van der Waals surface area contributed by atoms with Gasteiger partial charge in [-0.2, -0.15) is 0 Å². The van der Waals surface area contributed by atoms with Crippen LogP contribution in [0.3, 0.4) is 0 Å². The first-order chi connectivity index (χ1) is 7.54. The van der Waals surface area contributed by atoms with Crippen molar-refractivity contribution in [3.63, 3.8) is 0 Å². The van der Waals surface area contributed by atoms with Crippen molar-refractivity contribution in [3.8, 4) is 0 Å². The number of carbonyl (C=O) groups is 1. The van der Waals surface area contributed by atoms with Crippen LogP contribution in [-0.4, -0.2) is 30.8 Å². The molecule has 1 rings (SSSR count). The van der Waals surface area contributed by atoms with Gasteiger partial charge in [0.15, 0.2) is 0 Å². The normalized spacial score (nSPS) is 12.2. The Labute approximate surface area is 103 Å². The highest BCUT2D eigenvalue weighted by atomic mass is 35.5. The summed E-state index contributed by atoms with van der Waals surface area (Å²) in [4.78, 5) is 15.3. The number of nitrogens with zero attached hydrogens (tertiary/aromatic N) is 1. The Bertz CT molecular complexity index is 384. The minimum atomic E-state index is -0.504. The van der Waals surface area contributed by atoms with Crippen molar-refractivity contribution in [2.45, 2.75) is 13.0 Å². The zero-order valence-corrected chi connectivity index (χ0v) is 10.4. The van der Waals surface area contributed by atoms with Crippen LogP contribution in [0.2, 0.25) is 10.2 Å². The number of ether oxygens (including phenoxy) is 2. The average molecular weight is 264 g/mol. The summed E-state index contributed by atoms with van der Waals surface area (Å²) >= 11 is 11.4. The number of hydrogen-bond acceptors (Lipinski definition) is 4. The molecule has 0 bridgehead atoms. The van der Waals surface area contributed by atoms with Crippen LogP contribution >= 0.6 is 23.2 Å². The molecular formula is C10H11Cl2NO3. The van der Waals surface area contributed by atoms with Crippen molar-refractivity contribution in [2.24, 2.45) is 0 Å². The Hall–Kier alpha value is -0.840. The van der Waals surface area contributed by atoms with E-state index in [0.717, 1.165) is 0 Å². The Balaban J connectivity index is 2.69. The van der Waals surface area contributed by atoms with Crippen LogP contribution in [0, 0.1) is 0 Å². The van der Waals surface area contributed by atoms with Gasteiger partial charge in [-0.25, -0.2) is 9.78 Å². The van der Waals surface area contributed by atoms with Gasteiger partial charge in [-0.3, -0.25) is 0 Å². The molecule has 1 aromatic heterocycles. The van der Waals surface area contributed by atoms with Crippen LogP contribution in [0.5, 0.6) is 0 Å². The molecule has 0 saturated heterocycles. The van der Waals surface area contributed by atoms with Crippen molar-refractivity contribution >= 4 is 29.2 Å². The number of pyridine rings is 1. The van der Waals surface area contributed by atoms with E-state index in [2.05, 4.69) is 4.98 Å². The van der Waals surface area contributed by atoms with Crippen molar-refractivity contribution in [3.05, 3.63) is 28.0 Å². The van der Waals surface area contributed by atoms with E-state index in [9.17, 15) is 4.79 Å². The van der Waals surface area contributed by atoms with Gasteiger partial charge in [0.05, 0.1) is 17.2 Å². The molecule has 0 N–H and O–H groups in total. The fourth-order valence-electron chi connectivity index (χ4n) is 1.05. The SMILES string of the molecule is COCC(C)OC(=O)c1cnc(Cl)c(Cl)c1. The predicted molar refractivity (Wildman–Crippen MR) is 61.0 cm³/mol. The standard InChI is InChI=1S/C10H11Cl2NO3/c1-6(5-15-2)16-10(14)7-3-8(11)9(12)13-4-7/h3-4,6H,5H2,1-2H3. The van der Waals surface area contributed by atoms with Crippen LogP contribution in [0.25, 0.3) is 0 Å². The highest BCUT2D eigenvalue weighted by Gasteiger charge is 2.13. The molecule has 0 amide bonds. The fourth-order valence-corrected chi connectivity index (χ4v) is 1.32. The predicted octanol–water partition coefficient (Wildman–Crippen LogP) is 2.58. The molecule has 0 aromatic carbocycles. The number of methoxy groups -OCH3 is 1. The second-order valence-corrected chi connectivity index (χ2v) is 3.93. The number of carbonyl (C=O) groups excluding carboxylic acids is 1. The van der Waals surface area contributed by atoms with Crippen LogP contribution in [0.1, 0.15) is 17.3 Å². The molecule has 0 spiro atoms. The summed E-state index contributed by atoms with van der Waals surface area (Å²) < 4.78 is 9.91. The second kappa shape index (κ2) is 6.03. The van der Waals surface area contributed by atoms with E-state index < -0.39 is 5.97 Å². The topological polar surface area (TPSA) is 48.4 Å². The Morgan fingerprint density at radius 3 is 2.81 bits per heavy atom. The zero-order chi connectivity index (χ0) is 12.1. The van der Waals surface area contributed by atoms with Gasteiger partial charge in [0, 0.05) is 13.3 Å². The third kappa shape index (κ3) is 3.63. The third-order valence-electron chi connectivity index (χ3n) is 1.74. The summed E-state index contributed by atoms with van der Waals surface area (Å²) in [5.74, 6) is -0.504. The maximum absolute atomic E-state index is 11.6. The second-order valence-electron chi connectivity index (χ2n) is 3.17. The van der Waals surface area contributed by atoms with Crippen molar-refractivity contribution in [2.75, 3.05) is 13.7 Å². The van der Waals surface area contributed by atoms with E-state index in [1.165, 1.54) is 19.4 Å². The van der Waals surface area contributed by atoms with E-state index in [4.69, 9.17) is 32.7 Å². The molecule has 1 unspecified atom stereocenters. The molecule has 88 valence electrons. The highest BCUT2D eigenvalue weighted by Crippen LogP contribution is 2.20. The van der Waals surface area contributed by atoms with Gasteiger partial charge in [0.2, 0.25) is 0 Å². The van der Waals surface area contributed by atoms with E-state index in [0.29, 0.717) is 6.61 Å². The molecule has 0 saturated carbocycles. The monoisotopic (exact) mass is 263 g/mol. The number of esters is 1. The van der Waals surface area contributed by atoms with Gasteiger partial charge in [-0.05, 0) is 13.0 Å². The number of hydrogen-bond donors (Lipinski definition) is 0. The third-order valence-corrected chi connectivity index (χ3v) is 2.43. The molecule has 1 aromatic rings. The summed E-state index contributed by atoms with van der Waals surface area (Å²) in [5.41, 5.74) is 0.261. The van der Waals surface area contributed by atoms with Crippen molar-refractivity contribution in [1.82, 2.24) is 4.98 Å². The van der Waals surface area contributed by atoms with E-state index >= 15 is 0 Å². The average Bonchev–Trinajstić information content (AvgIpc) is 2.22. The first-order valence-electron chi connectivity index (χ1n) is 4.55. The molecule has 0 aliphatic carbocycles. The largest absolute Gasteiger partial charge is 0.457 e. The molecule has 4 nitrogen and oxygen atoms in total. The highest BCUT2D eigenvalue weighted by molar-refractivity contribution is 6.41. The smallest absolute Gasteiger partial charge is 0.340 e. The van der Waals surface area contributed by atoms with Gasteiger partial charge >= 0.3 is 5.97 Å². The lowest BCUT2D eigenvalue weighted by Crippen LogP contribution is -2.19. The molecule has 16 heavy (non-hydrogen) atoms. The summed E-state index contributed by atoms with van der Waals surface area (Å²) in [6.45, 7) is 2.06. The van der Waals surface area contributed by atoms with Crippen molar-refractivity contribution < 1.29 is 14.3 Å². The summed E-state index contributed by atoms with van der Waals surface area (Å²) in [7, 11) is 1.53. The molecule has 0 aliphatic rings. The molecule has 1 atom stereocenters. The van der Waals surface area contributed by atoms with Gasteiger partial charge in [0.25, 0.3) is 0 Å². The van der Waals surface area contributed by atoms with Crippen LogP contribution in [0.15, 0.2) is 12.3 Å². The van der Waals surface area contributed by atoms with Gasteiger partial charge < -0.3 is 9.47 Å². The molecule has 1 heterocycles. The van der Waals surface area contributed by atoms with E-state index in [1.807, 2.05) is 0 Å². The fraction of sp³-hybridized carbons (Fsp3) is 0.400. The lowest BCUT2D eigenvalue weighted by atomic mass is 10.3. The van der Waals surface area contributed by atoms with Crippen LogP contribution < -0.4 is 0 Å². The first kappa shape index (κ1) is 13.2. The summed E-state index contributed by atoms with van der Waals surface area (Å²) in [6.07, 6.45) is 0.989. The Morgan fingerprint density at radius 1 is 1.56 bits per heavy atom. The van der Waals surface area contributed by atoms with Gasteiger partial charge in [-0.15, -0.1) is 0 Å². The number of aromatic nitrogens is 1. The quantitative estimate of drug-likeness (QED) is 0.619. The molecule has 0 aliphatic heterocycles.